The Bertz CT molecular complexity index is 719. The third-order valence-electron chi connectivity index (χ3n) is 4.39. The van der Waals surface area contributed by atoms with Gasteiger partial charge >= 0.3 is 0 Å². The average molecular weight is 386 g/mol. The normalized spacial score (nSPS) is 10.8. The minimum absolute atomic E-state index is 0.434. The fourth-order valence-corrected chi connectivity index (χ4v) is 2.93. The van der Waals surface area contributed by atoms with Crippen molar-refractivity contribution in [2.24, 2.45) is 5.73 Å². The fraction of sp³-hybridized carbons (Fsp3) is 0.409. The van der Waals surface area contributed by atoms with Gasteiger partial charge in [0.15, 0.2) is 0 Å². The molecule has 2 N–H and O–H groups in total. The first-order chi connectivity index (χ1) is 13.6. The Morgan fingerprint density at radius 1 is 0.964 bits per heavy atom. The van der Waals surface area contributed by atoms with Crippen LogP contribution in [-0.2, 0) is 11.3 Å². The minimum Gasteiger partial charge on any atom is -0.497 e. The standard InChI is InChI=1S/C22H30N2O4/c1-26-14-4-12-24(17-18-6-3-7-21(16-18)27-2)13-5-15-28-20-10-8-19(9-11-20)22(23)25/h3,6-11,16H,4-5,12-15,17H2,1-2H3,(H2,23,25). The second kappa shape index (κ2) is 12.0. The number of ether oxygens (including phenoxy) is 3. The lowest BCUT2D eigenvalue weighted by Crippen LogP contribution is -2.27. The molecular formula is C22H30N2O4. The summed E-state index contributed by atoms with van der Waals surface area (Å²) >= 11 is 0. The van der Waals surface area contributed by atoms with Crippen LogP contribution in [0.3, 0.4) is 0 Å². The van der Waals surface area contributed by atoms with Gasteiger partial charge in [-0.3, -0.25) is 9.69 Å². The van der Waals surface area contributed by atoms with E-state index in [0.29, 0.717) is 12.2 Å². The van der Waals surface area contributed by atoms with Crippen molar-refractivity contribution in [1.82, 2.24) is 4.90 Å². The molecule has 0 saturated carbocycles. The predicted molar refractivity (Wildman–Crippen MR) is 110 cm³/mol. The highest BCUT2D eigenvalue weighted by Gasteiger charge is 2.07. The number of carbonyl (C=O) groups excluding carboxylic acids is 1. The SMILES string of the molecule is COCCCN(CCCOc1ccc(C(N)=O)cc1)Cc1cccc(OC)c1. The van der Waals surface area contributed by atoms with Gasteiger partial charge in [-0.15, -0.1) is 0 Å². The van der Waals surface area contributed by atoms with E-state index >= 15 is 0 Å². The summed E-state index contributed by atoms with van der Waals surface area (Å²) in [6.07, 6.45) is 1.88. The first-order valence-electron chi connectivity index (χ1n) is 9.49. The molecular weight excluding hydrogens is 356 g/mol. The van der Waals surface area contributed by atoms with Crippen LogP contribution in [-0.4, -0.2) is 51.3 Å². The number of hydrogen-bond acceptors (Lipinski definition) is 5. The number of nitrogens with zero attached hydrogens (tertiary/aromatic N) is 1. The Balaban J connectivity index is 1.82. The highest BCUT2D eigenvalue weighted by atomic mass is 16.5. The zero-order valence-corrected chi connectivity index (χ0v) is 16.7. The van der Waals surface area contributed by atoms with E-state index < -0.39 is 5.91 Å². The molecule has 0 aliphatic heterocycles. The van der Waals surface area contributed by atoms with Crippen molar-refractivity contribution >= 4 is 5.91 Å². The summed E-state index contributed by atoms with van der Waals surface area (Å²) in [5.74, 6) is 1.18. The second-order valence-electron chi connectivity index (χ2n) is 6.56. The Morgan fingerprint density at radius 2 is 1.68 bits per heavy atom. The topological polar surface area (TPSA) is 74.0 Å². The summed E-state index contributed by atoms with van der Waals surface area (Å²) in [6, 6.07) is 15.0. The monoisotopic (exact) mass is 386 g/mol. The van der Waals surface area contributed by atoms with E-state index in [4.69, 9.17) is 19.9 Å². The molecule has 152 valence electrons. The molecule has 2 aromatic carbocycles. The zero-order chi connectivity index (χ0) is 20.2. The Morgan fingerprint density at radius 3 is 2.32 bits per heavy atom. The predicted octanol–water partition coefficient (Wildman–Crippen LogP) is 3.10. The molecule has 0 unspecified atom stereocenters. The minimum atomic E-state index is -0.434. The Hall–Kier alpha value is -2.57. The Kier molecular flexibility index (Phi) is 9.31. The summed E-state index contributed by atoms with van der Waals surface area (Å²) in [5.41, 5.74) is 6.95. The first-order valence-corrected chi connectivity index (χ1v) is 9.49. The van der Waals surface area contributed by atoms with Gasteiger partial charge in [-0.25, -0.2) is 0 Å². The number of benzene rings is 2. The molecule has 0 bridgehead atoms. The lowest BCUT2D eigenvalue weighted by molar-refractivity contribution is 0.1000. The van der Waals surface area contributed by atoms with Gasteiger partial charge < -0.3 is 19.9 Å². The zero-order valence-electron chi connectivity index (χ0n) is 16.7. The summed E-state index contributed by atoms with van der Waals surface area (Å²) in [5, 5.41) is 0. The third-order valence-corrected chi connectivity index (χ3v) is 4.39. The number of hydrogen-bond donors (Lipinski definition) is 1. The summed E-state index contributed by atoms with van der Waals surface area (Å²) < 4.78 is 16.3. The summed E-state index contributed by atoms with van der Waals surface area (Å²) in [7, 11) is 3.41. The third kappa shape index (κ3) is 7.58. The molecule has 6 nitrogen and oxygen atoms in total. The van der Waals surface area contributed by atoms with E-state index in [9.17, 15) is 4.79 Å². The number of carbonyl (C=O) groups is 1. The second-order valence-corrected chi connectivity index (χ2v) is 6.56. The molecule has 0 aliphatic rings. The van der Waals surface area contributed by atoms with Crippen molar-refractivity contribution in [3.05, 3.63) is 59.7 Å². The highest BCUT2D eigenvalue weighted by molar-refractivity contribution is 5.92. The molecule has 0 aromatic heterocycles. The van der Waals surface area contributed by atoms with E-state index in [-0.39, 0.29) is 0 Å². The number of nitrogens with two attached hydrogens (primary N) is 1. The van der Waals surface area contributed by atoms with Crippen LogP contribution in [0.25, 0.3) is 0 Å². The van der Waals surface area contributed by atoms with Crippen LogP contribution >= 0.6 is 0 Å². The van der Waals surface area contributed by atoms with Crippen molar-refractivity contribution in [2.75, 3.05) is 40.5 Å². The van der Waals surface area contributed by atoms with Crippen LogP contribution in [0, 0.1) is 0 Å². The van der Waals surface area contributed by atoms with Crippen molar-refractivity contribution in [1.29, 1.82) is 0 Å². The maximum atomic E-state index is 11.1. The maximum Gasteiger partial charge on any atom is 0.248 e. The van der Waals surface area contributed by atoms with E-state index in [1.807, 2.05) is 12.1 Å². The Labute approximate surface area is 167 Å². The maximum absolute atomic E-state index is 11.1. The van der Waals surface area contributed by atoms with Gasteiger partial charge in [-0.2, -0.15) is 0 Å². The lowest BCUT2D eigenvalue weighted by Gasteiger charge is -2.22. The molecule has 0 saturated heterocycles. The van der Waals surface area contributed by atoms with E-state index in [1.165, 1.54) is 5.56 Å². The van der Waals surface area contributed by atoms with Gasteiger partial charge in [0.25, 0.3) is 0 Å². The van der Waals surface area contributed by atoms with Crippen molar-refractivity contribution in [3.8, 4) is 11.5 Å². The molecule has 0 heterocycles. The first kappa shape index (κ1) is 21.7. The average Bonchev–Trinajstić information content (AvgIpc) is 2.71. The van der Waals surface area contributed by atoms with E-state index in [0.717, 1.165) is 50.6 Å². The van der Waals surface area contributed by atoms with E-state index in [1.54, 1.807) is 38.5 Å². The highest BCUT2D eigenvalue weighted by Crippen LogP contribution is 2.15. The van der Waals surface area contributed by atoms with Gasteiger partial charge in [-0.1, -0.05) is 12.1 Å². The lowest BCUT2D eigenvalue weighted by atomic mass is 10.2. The fourth-order valence-electron chi connectivity index (χ4n) is 2.93. The summed E-state index contributed by atoms with van der Waals surface area (Å²) in [4.78, 5) is 13.5. The van der Waals surface area contributed by atoms with Gasteiger partial charge in [0, 0.05) is 38.9 Å². The van der Waals surface area contributed by atoms with Crippen LogP contribution in [0.5, 0.6) is 11.5 Å². The molecule has 0 spiro atoms. The molecule has 0 radical (unpaired) electrons. The van der Waals surface area contributed by atoms with Crippen LogP contribution in [0.1, 0.15) is 28.8 Å². The smallest absolute Gasteiger partial charge is 0.248 e. The van der Waals surface area contributed by atoms with Crippen LogP contribution in [0.2, 0.25) is 0 Å². The van der Waals surface area contributed by atoms with Crippen molar-refractivity contribution in [3.63, 3.8) is 0 Å². The molecule has 2 aromatic rings. The molecule has 2 rings (SSSR count). The van der Waals surface area contributed by atoms with Gasteiger partial charge in [0.05, 0.1) is 13.7 Å². The number of rotatable bonds is 13. The molecule has 28 heavy (non-hydrogen) atoms. The van der Waals surface area contributed by atoms with Gasteiger partial charge in [-0.05, 0) is 54.8 Å². The van der Waals surface area contributed by atoms with Gasteiger partial charge in [0.1, 0.15) is 11.5 Å². The largest absolute Gasteiger partial charge is 0.497 e. The molecule has 0 atom stereocenters. The van der Waals surface area contributed by atoms with Gasteiger partial charge in [0.2, 0.25) is 5.91 Å². The van der Waals surface area contributed by atoms with Crippen molar-refractivity contribution in [2.45, 2.75) is 19.4 Å². The molecule has 1 amide bonds. The molecule has 6 heteroatoms. The summed E-state index contributed by atoms with van der Waals surface area (Å²) in [6.45, 7) is 4.08. The quantitative estimate of drug-likeness (QED) is 0.536. The van der Waals surface area contributed by atoms with Crippen molar-refractivity contribution < 1.29 is 19.0 Å². The molecule has 0 aliphatic carbocycles. The number of amides is 1. The van der Waals surface area contributed by atoms with Crippen LogP contribution < -0.4 is 15.2 Å². The molecule has 0 fully saturated rings. The van der Waals surface area contributed by atoms with E-state index in [2.05, 4.69) is 17.0 Å². The van der Waals surface area contributed by atoms with Crippen LogP contribution in [0.15, 0.2) is 48.5 Å². The van der Waals surface area contributed by atoms with Crippen LogP contribution in [0.4, 0.5) is 0 Å². The number of methoxy groups -OCH3 is 2. The number of primary amides is 1.